The maximum atomic E-state index is 12.0. The molecule has 0 spiro atoms. The van der Waals surface area contributed by atoms with Gasteiger partial charge in [-0.25, -0.2) is 4.98 Å². The average molecular weight is 283 g/mol. The van der Waals surface area contributed by atoms with Crippen LogP contribution < -0.4 is 5.32 Å². The number of pyridine rings is 1. The Morgan fingerprint density at radius 1 is 1.56 bits per heavy atom. The summed E-state index contributed by atoms with van der Waals surface area (Å²) in [5.41, 5.74) is 0. The Bertz CT molecular complexity index is 394. The molecule has 1 heterocycles. The minimum atomic E-state index is 0.107. The van der Waals surface area contributed by atoms with Crippen molar-refractivity contribution in [2.75, 3.05) is 5.32 Å². The summed E-state index contributed by atoms with van der Waals surface area (Å²) >= 11 is 3.36. The third-order valence-corrected chi connectivity index (χ3v) is 3.66. The molecule has 2 atom stereocenters. The van der Waals surface area contributed by atoms with Gasteiger partial charge in [-0.05, 0) is 30.9 Å². The van der Waals surface area contributed by atoms with E-state index in [0.29, 0.717) is 11.7 Å². The number of halogens is 1. The van der Waals surface area contributed by atoms with Gasteiger partial charge in [0.2, 0.25) is 5.91 Å². The van der Waals surface area contributed by atoms with Crippen molar-refractivity contribution in [2.24, 2.45) is 11.8 Å². The highest BCUT2D eigenvalue weighted by Gasteiger charge is 2.29. The van der Waals surface area contributed by atoms with E-state index < -0.39 is 0 Å². The normalized spacial score (nSPS) is 24.4. The molecular formula is C12H15BrN2O. The number of amides is 1. The van der Waals surface area contributed by atoms with Gasteiger partial charge in [-0.3, -0.25) is 4.79 Å². The van der Waals surface area contributed by atoms with Crippen molar-refractivity contribution in [3.05, 3.63) is 22.8 Å². The first-order valence-electron chi connectivity index (χ1n) is 5.59. The van der Waals surface area contributed by atoms with Gasteiger partial charge in [0.25, 0.3) is 0 Å². The first-order valence-corrected chi connectivity index (χ1v) is 6.38. The van der Waals surface area contributed by atoms with Gasteiger partial charge in [-0.2, -0.15) is 0 Å². The van der Waals surface area contributed by atoms with Crippen LogP contribution in [0.2, 0.25) is 0 Å². The predicted octanol–water partition coefficient (Wildman–Crippen LogP) is 3.22. The van der Waals surface area contributed by atoms with Gasteiger partial charge in [0.15, 0.2) is 0 Å². The van der Waals surface area contributed by atoms with Crippen LogP contribution in [0.1, 0.15) is 26.2 Å². The quantitative estimate of drug-likeness (QED) is 0.905. The van der Waals surface area contributed by atoms with Crippen LogP contribution >= 0.6 is 15.9 Å². The van der Waals surface area contributed by atoms with Crippen molar-refractivity contribution in [1.29, 1.82) is 0 Å². The van der Waals surface area contributed by atoms with Gasteiger partial charge in [0, 0.05) is 16.6 Å². The summed E-state index contributed by atoms with van der Waals surface area (Å²) in [7, 11) is 0. The largest absolute Gasteiger partial charge is 0.310 e. The molecule has 0 radical (unpaired) electrons. The topological polar surface area (TPSA) is 42.0 Å². The standard InChI is InChI=1S/C12H15BrN2O/c1-8-3-2-4-10(8)12(16)15-11-7-9(13)5-6-14-11/h5-8,10H,2-4H2,1H3,(H,14,15,16). The second-order valence-corrected chi connectivity index (χ2v) is 5.28. The van der Waals surface area contributed by atoms with Crippen LogP contribution in [-0.4, -0.2) is 10.9 Å². The van der Waals surface area contributed by atoms with Crippen molar-refractivity contribution in [3.8, 4) is 0 Å². The van der Waals surface area contributed by atoms with E-state index in [1.807, 2.05) is 12.1 Å². The Morgan fingerprint density at radius 2 is 2.38 bits per heavy atom. The lowest BCUT2D eigenvalue weighted by Gasteiger charge is -2.14. The van der Waals surface area contributed by atoms with Gasteiger partial charge in [0.05, 0.1) is 0 Å². The highest BCUT2D eigenvalue weighted by Crippen LogP contribution is 2.31. The number of rotatable bonds is 2. The lowest BCUT2D eigenvalue weighted by Crippen LogP contribution is -2.24. The van der Waals surface area contributed by atoms with Crippen molar-refractivity contribution in [2.45, 2.75) is 26.2 Å². The molecule has 3 nitrogen and oxygen atoms in total. The van der Waals surface area contributed by atoms with Crippen LogP contribution in [0.4, 0.5) is 5.82 Å². The maximum Gasteiger partial charge on any atom is 0.228 e. The smallest absolute Gasteiger partial charge is 0.228 e. The van der Waals surface area contributed by atoms with Gasteiger partial charge < -0.3 is 5.32 Å². The number of carbonyl (C=O) groups excluding carboxylic acids is 1. The molecule has 0 saturated heterocycles. The van der Waals surface area contributed by atoms with Crippen LogP contribution in [-0.2, 0) is 4.79 Å². The SMILES string of the molecule is CC1CCCC1C(=O)Nc1cc(Br)ccn1. The summed E-state index contributed by atoms with van der Waals surface area (Å²) in [5.74, 6) is 1.38. The molecule has 4 heteroatoms. The van der Waals surface area contributed by atoms with Gasteiger partial charge >= 0.3 is 0 Å². The molecule has 86 valence electrons. The summed E-state index contributed by atoms with van der Waals surface area (Å²) in [6.07, 6.45) is 4.99. The summed E-state index contributed by atoms with van der Waals surface area (Å²) in [6, 6.07) is 3.66. The van der Waals surface area contributed by atoms with Crippen molar-refractivity contribution in [3.63, 3.8) is 0 Å². The fraction of sp³-hybridized carbons (Fsp3) is 0.500. The number of nitrogens with zero attached hydrogens (tertiary/aromatic N) is 1. The summed E-state index contributed by atoms with van der Waals surface area (Å²) < 4.78 is 0.928. The van der Waals surface area contributed by atoms with Crippen molar-refractivity contribution < 1.29 is 4.79 Å². The molecule has 1 N–H and O–H groups in total. The van der Waals surface area contributed by atoms with Gasteiger partial charge in [0.1, 0.15) is 5.82 Å². The number of aromatic nitrogens is 1. The molecule has 0 bridgehead atoms. The first kappa shape index (κ1) is 11.6. The molecular weight excluding hydrogens is 268 g/mol. The van der Waals surface area contributed by atoms with Crippen molar-refractivity contribution in [1.82, 2.24) is 4.98 Å². The summed E-state index contributed by atoms with van der Waals surface area (Å²) in [5, 5.41) is 2.88. The van der Waals surface area contributed by atoms with Crippen LogP contribution in [0.25, 0.3) is 0 Å². The molecule has 0 aromatic carbocycles. The number of anilines is 1. The number of hydrogen-bond acceptors (Lipinski definition) is 2. The molecule has 2 unspecified atom stereocenters. The highest BCUT2D eigenvalue weighted by atomic mass is 79.9. The van der Waals surface area contributed by atoms with E-state index >= 15 is 0 Å². The van der Waals surface area contributed by atoms with E-state index in [9.17, 15) is 4.79 Å². The van der Waals surface area contributed by atoms with E-state index in [1.165, 1.54) is 0 Å². The number of carbonyl (C=O) groups is 1. The lowest BCUT2D eigenvalue weighted by molar-refractivity contribution is -0.120. The Labute approximate surface area is 104 Å². The first-order chi connectivity index (χ1) is 7.66. The monoisotopic (exact) mass is 282 g/mol. The molecule has 1 aliphatic carbocycles. The molecule has 2 rings (SSSR count). The second kappa shape index (κ2) is 4.95. The minimum Gasteiger partial charge on any atom is -0.310 e. The molecule has 1 aliphatic rings. The van der Waals surface area contributed by atoms with E-state index in [4.69, 9.17) is 0 Å². The fourth-order valence-electron chi connectivity index (χ4n) is 2.23. The van der Waals surface area contributed by atoms with Crippen molar-refractivity contribution >= 4 is 27.7 Å². The summed E-state index contributed by atoms with van der Waals surface area (Å²) in [6.45, 7) is 2.14. The Balaban J connectivity index is 2.02. The van der Waals surface area contributed by atoms with Gasteiger partial charge in [-0.1, -0.05) is 29.3 Å². The van der Waals surface area contributed by atoms with E-state index in [2.05, 4.69) is 33.2 Å². The van der Waals surface area contributed by atoms with E-state index in [0.717, 1.165) is 23.7 Å². The van der Waals surface area contributed by atoms with Crippen LogP contribution in [0.5, 0.6) is 0 Å². The minimum absolute atomic E-state index is 0.107. The molecule has 1 aromatic heterocycles. The molecule has 16 heavy (non-hydrogen) atoms. The van der Waals surface area contributed by atoms with E-state index in [-0.39, 0.29) is 11.8 Å². The zero-order valence-corrected chi connectivity index (χ0v) is 10.8. The molecule has 1 saturated carbocycles. The van der Waals surface area contributed by atoms with Crippen LogP contribution in [0.3, 0.4) is 0 Å². The molecule has 1 aromatic rings. The third-order valence-electron chi connectivity index (χ3n) is 3.17. The van der Waals surface area contributed by atoms with Crippen LogP contribution in [0.15, 0.2) is 22.8 Å². The highest BCUT2D eigenvalue weighted by molar-refractivity contribution is 9.10. The number of nitrogens with one attached hydrogen (secondary N) is 1. The molecule has 1 fully saturated rings. The zero-order valence-electron chi connectivity index (χ0n) is 9.24. The lowest BCUT2D eigenvalue weighted by atomic mass is 9.97. The Hall–Kier alpha value is -0.900. The zero-order chi connectivity index (χ0) is 11.5. The fourth-order valence-corrected chi connectivity index (χ4v) is 2.56. The molecule has 0 aliphatic heterocycles. The maximum absolute atomic E-state index is 12.0. The Kier molecular flexibility index (Phi) is 3.59. The number of hydrogen-bond donors (Lipinski definition) is 1. The third kappa shape index (κ3) is 2.61. The van der Waals surface area contributed by atoms with Crippen LogP contribution in [0, 0.1) is 11.8 Å². The molecule has 1 amide bonds. The Morgan fingerprint density at radius 3 is 3.00 bits per heavy atom. The second-order valence-electron chi connectivity index (χ2n) is 4.36. The van der Waals surface area contributed by atoms with Gasteiger partial charge in [-0.15, -0.1) is 0 Å². The average Bonchev–Trinajstić information content (AvgIpc) is 2.64. The summed E-state index contributed by atoms with van der Waals surface area (Å²) in [4.78, 5) is 16.1. The predicted molar refractivity (Wildman–Crippen MR) is 67.1 cm³/mol. The van der Waals surface area contributed by atoms with E-state index in [1.54, 1.807) is 6.20 Å².